The van der Waals surface area contributed by atoms with Crippen LogP contribution in [0.5, 0.6) is 11.5 Å². The van der Waals surface area contributed by atoms with Gasteiger partial charge in [0.1, 0.15) is 16.9 Å². The largest absolute Gasteiger partial charge is 0.477 e. The predicted octanol–water partition coefficient (Wildman–Crippen LogP) is 4.80. The van der Waals surface area contributed by atoms with Crippen LogP contribution >= 0.6 is 0 Å². The third-order valence-electron chi connectivity index (χ3n) is 6.45. The predicted molar refractivity (Wildman–Crippen MR) is 165 cm³/mol. The number of halogens is 2. The maximum absolute atomic E-state index is 14.0. The number of nitrogens with zero attached hydrogens (tertiary/aromatic N) is 6. The molecule has 0 bridgehead atoms. The molecule has 46 heavy (non-hydrogen) atoms. The minimum Gasteiger partial charge on any atom is -0.477 e. The van der Waals surface area contributed by atoms with Crippen molar-refractivity contribution in [2.45, 2.75) is 19.9 Å². The summed E-state index contributed by atoms with van der Waals surface area (Å²) >= 11 is 0. The monoisotopic (exact) mass is 628 g/mol. The average Bonchev–Trinajstić information content (AvgIpc) is 3.49. The highest BCUT2D eigenvalue weighted by Crippen LogP contribution is 2.31. The molecule has 4 heterocycles. The molecule has 4 N–H and O–H groups in total. The fourth-order valence-electron chi connectivity index (χ4n) is 4.26. The second kappa shape index (κ2) is 13.1. The second-order valence-corrected chi connectivity index (χ2v) is 9.99. The van der Waals surface area contributed by atoms with Crippen molar-refractivity contribution in [2.75, 3.05) is 11.1 Å². The van der Waals surface area contributed by atoms with Gasteiger partial charge in [-0.2, -0.15) is 5.10 Å². The number of benzene rings is 2. The number of carboxylic acids is 1. The number of rotatable bonds is 7. The van der Waals surface area contributed by atoms with E-state index >= 15 is 0 Å². The molecule has 13 nitrogen and oxygen atoms in total. The lowest BCUT2D eigenvalue weighted by Crippen LogP contribution is -2.41. The Morgan fingerprint density at radius 1 is 0.957 bits per heavy atom. The summed E-state index contributed by atoms with van der Waals surface area (Å²) in [5.74, 6) is -1.55. The molecule has 4 aromatic heterocycles. The van der Waals surface area contributed by atoms with E-state index in [1.54, 1.807) is 67.4 Å². The molecule has 2 aromatic carbocycles. The Morgan fingerprint density at radius 3 is 2.33 bits per heavy atom. The van der Waals surface area contributed by atoms with Gasteiger partial charge in [0.05, 0.1) is 23.8 Å². The highest BCUT2D eigenvalue weighted by atomic mass is 19.1. The molecular formula is C31H26F2N8O5. The molecule has 0 fully saturated rings. The van der Waals surface area contributed by atoms with Gasteiger partial charge in [-0.3, -0.25) is 9.36 Å². The number of hydrogen-bond donors (Lipinski definition) is 3. The summed E-state index contributed by atoms with van der Waals surface area (Å²) in [5.41, 5.74) is 5.21. The van der Waals surface area contributed by atoms with Crippen molar-refractivity contribution in [3.05, 3.63) is 130 Å². The molecule has 0 aliphatic carbocycles. The molecule has 0 aliphatic rings. The summed E-state index contributed by atoms with van der Waals surface area (Å²) in [6.07, 6.45) is 7.67. The number of nitrogens with two attached hydrogens (primary N) is 1. The lowest BCUT2D eigenvalue weighted by molar-refractivity contribution is 0.0693. The first-order valence-electron chi connectivity index (χ1n) is 13.6. The Kier molecular flexibility index (Phi) is 8.84. The number of aromatic carboxylic acids is 1. The van der Waals surface area contributed by atoms with E-state index in [0.717, 1.165) is 27.5 Å². The number of anilines is 3. The number of pyridine rings is 1. The molecule has 0 radical (unpaired) electrons. The van der Waals surface area contributed by atoms with Gasteiger partial charge in [-0.05, 0) is 62.4 Å². The summed E-state index contributed by atoms with van der Waals surface area (Å²) in [7, 11) is 0. The molecule has 0 saturated heterocycles. The number of nitrogen functional groups attached to an aromatic ring is 1. The minimum absolute atomic E-state index is 0.0745. The molecular weight excluding hydrogens is 602 g/mol. The maximum Gasteiger partial charge on any atom is 0.342 e. The van der Waals surface area contributed by atoms with Crippen LogP contribution in [0.4, 0.5) is 26.1 Å². The van der Waals surface area contributed by atoms with E-state index in [1.165, 1.54) is 24.3 Å². The van der Waals surface area contributed by atoms with Crippen molar-refractivity contribution in [1.29, 1.82) is 0 Å². The van der Waals surface area contributed by atoms with Gasteiger partial charge in [-0.25, -0.2) is 37.4 Å². The molecule has 6 aromatic rings. The molecule has 0 atom stereocenters. The van der Waals surface area contributed by atoms with E-state index in [-0.39, 0.29) is 17.5 Å². The quantitative estimate of drug-likeness (QED) is 0.209. The lowest BCUT2D eigenvalue weighted by Gasteiger charge is -2.14. The normalized spacial score (nSPS) is 10.8. The van der Waals surface area contributed by atoms with E-state index in [2.05, 4.69) is 20.4 Å². The summed E-state index contributed by atoms with van der Waals surface area (Å²) in [6, 6.07) is 13.8. The maximum atomic E-state index is 14.0. The van der Waals surface area contributed by atoms with Gasteiger partial charge in [0, 0.05) is 42.5 Å². The zero-order valence-electron chi connectivity index (χ0n) is 24.3. The van der Waals surface area contributed by atoms with Crippen LogP contribution in [0.15, 0.2) is 101 Å². The molecule has 0 aliphatic heterocycles. The average molecular weight is 629 g/mol. The number of nitrogens with one attached hydrogen (secondary N) is 1. The van der Waals surface area contributed by atoms with Crippen LogP contribution in [0, 0.1) is 11.6 Å². The van der Waals surface area contributed by atoms with E-state index in [1.807, 2.05) is 0 Å². The van der Waals surface area contributed by atoms with Crippen LogP contribution in [-0.4, -0.2) is 39.8 Å². The van der Waals surface area contributed by atoms with Crippen LogP contribution in [0.25, 0.3) is 11.2 Å². The van der Waals surface area contributed by atoms with Crippen LogP contribution < -0.4 is 27.0 Å². The van der Waals surface area contributed by atoms with Crippen LogP contribution in [0.3, 0.4) is 0 Å². The van der Waals surface area contributed by atoms with Crippen LogP contribution in [-0.2, 0) is 0 Å². The number of hydrogen-bond acceptors (Lipinski definition) is 9. The first kappa shape index (κ1) is 31.1. The van der Waals surface area contributed by atoms with Crippen molar-refractivity contribution in [1.82, 2.24) is 28.7 Å². The van der Waals surface area contributed by atoms with E-state index < -0.39 is 34.4 Å². The van der Waals surface area contributed by atoms with Gasteiger partial charge in [-0.1, -0.05) is 0 Å². The van der Waals surface area contributed by atoms with Gasteiger partial charge in [-0.15, -0.1) is 0 Å². The molecule has 234 valence electrons. The van der Waals surface area contributed by atoms with Gasteiger partial charge in [0.25, 0.3) is 5.56 Å². The molecule has 0 unspecified atom stereocenters. The summed E-state index contributed by atoms with van der Waals surface area (Å²) in [6.45, 7) is 3.37. The number of fused-ring (bicyclic) bond motifs is 1. The summed E-state index contributed by atoms with van der Waals surface area (Å²) < 4.78 is 36.2. The van der Waals surface area contributed by atoms with Crippen molar-refractivity contribution >= 4 is 28.8 Å². The number of carbonyl (C=O) groups is 1. The van der Waals surface area contributed by atoms with E-state index in [0.29, 0.717) is 28.6 Å². The fourth-order valence-corrected chi connectivity index (χ4v) is 4.26. The topological polar surface area (TPSA) is 172 Å². The Labute approximate surface area is 258 Å². The zero-order valence-corrected chi connectivity index (χ0v) is 24.3. The second-order valence-electron chi connectivity index (χ2n) is 9.99. The third-order valence-corrected chi connectivity index (χ3v) is 6.45. The number of carboxylic acid groups (broad SMARTS) is 1. The molecule has 0 amide bonds. The zero-order chi connectivity index (χ0) is 33.0. The Balaban J connectivity index is 0.000000184. The Bertz CT molecular complexity index is 2150. The van der Waals surface area contributed by atoms with E-state index in [4.69, 9.17) is 15.6 Å². The van der Waals surface area contributed by atoms with Gasteiger partial charge < -0.3 is 20.9 Å². The lowest BCUT2D eigenvalue weighted by atomic mass is 10.2. The first-order chi connectivity index (χ1) is 22.0. The smallest absolute Gasteiger partial charge is 0.342 e. The number of ether oxygens (including phenoxy) is 1. The number of aromatic nitrogens is 6. The highest BCUT2D eigenvalue weighted by Gasteiger charge is 2.19. The van der Waals surface area contributed by atoms with Crippen molar-refractivity contribution in [2.24, 2.45) is 0 Å². The Morgan fingerprint density at radius 2 is 1.67 bits per heavy atom. The van der Waals surface area contributed by atoms with Gasteiger partial charge >= 0.3 is 11.7 Å². The van der Waals surface area contributed by atoms with Crippen LogP contribution in [0.1, 0.15) is 30.2 Å². The SMILES string of the molecule is CC(C)n1cc(C(=O)O)c(=O)n(-c2ccc(F)cc2)c1=O.Nc1ccc(Oc2cc(Nc3ncccn3)cn3nccc23)c(F)c1. The van der Waals surface area contributed by atoms with Gasteiger partial charge in [0.2, 0.25) is 5.95 Å². The van der Waals surface area contributed by atoms with E-state index in [9.17, 15) is 23.2 Å². The van der Waals surface area contributed by atoms with Crippen molar-refractivity contribution < 1.29 is 23.4 Å². The summed E-state index contributed by atoms with van der Waals surface area (Å²) in [5, 5.41) is 16.4. The van der Waals surface area contributed by atoms with Crippen molar-refractivity contribution in [3.63, 3.8) is 0 Å². The fraction of sp³-hybridized carbons (Fsp3) is 0.0968. The first-order valence-corrected chi connectivity index (χ1v) is 13.6. The van der Waals surface area contributed by atoms with Crippen molar-refractivity contribution in [3.8, 4) is 17.2 Å². The molecule has 6 rings (SSSR count). The molecule has 15 heteroatoms. The third kappa shape index (κ3) is 6.72. The highest BCUT2D eigenvalue weighted by molar-refractivity contribution is 5.86. The summed E-state index contributed by atoms with van der Waals surface area (Å²) in [4.78, 5) is 43.9. The standard InChI is InChI=1S/C17H13FN6O.C14H13FN2O4/c18-13-8-11(19)2-3-15(13)25-16-9-12(10-24-14(16)4-7-22-24)23-17-20-5-1-6-21-17;1-8(2)16-7-11(13(19)20)12(18)17(14(16)21)10-5-3-9(15)4-6-10/h1-10H,19H2,(H,20,21,23);3-8H,1-2H3,(H,19,20). The Hall–Kier alpha value is -6.38. The molecule has 0 saturated carbocycles. The minimum atomic E-state index is -1.43. The van der Waals surface area contributed by atoms with Gasteiger partial charge in [0.15, 0.2) is 17.3 Å². The molecule has 0 spiro atoms. The van der Waals surface area contributed by atoms with Crippen LogP contribution in [0.2, 0.25) is 0 Å².